The van der Waals surface area contributed by atoms with E-state index in [1.165, 1.54) is 0 Å². The van der Waals surface area contributed by atoms with E-state index < -0.39 is 0 Å². The summed E-state index contributed by atoms with van der Waals surface area (Å²) in [6, 6.07) is 6.54. The van der Waals surface area contributed by atoms with E-state index in [2.05, 4.69) is 15.5 Å². The fraction of sp³-hybridized carbons (Fsp3) is 0.214. The molecular formula is C14H16N4O2S. The van der Waals surface area contributed by atoms with E-state index in [4.69, 9.17) is 10.9 Å². The van der Waals surface area contributed by atoms with Gasteiger partial charge < -0.3 is 16.3 Å². The fourth-order valence-corrected chi connectivity index (χ4v) is 2.46. The number of thiazole rings is 1. The van der Waals surface area contributed by atoms with Crippen molar-refractivity contribution in [1.29, 1.82) is 0 Å². The Hall–Kier alpha value is -2.41. The van der Waals surface area contributed by atoms with Gasteiger partial charge in [-0.1, -0.05) is 24.2 Å². The topological polar surface area (TPSA) is 101 Å². The van der Waals surface area contributed by atoms with Crippen molar-refractivity contribution in [2.45, 2.75) is 12.8 Å². The molecular weight excluding hydrogens is 288 g/mol. The third-order valence-electron chi connectivity index (χ3n) is 2.99. The standard InChI is InChI=1S/C14H16N4O2S/c1-9(14-16-6-7-21-14)8-17-13(19)11-4-2-10(3-5-11)12(15)18-20/h2-7,9,20H,8H2,1H3,(H2,15,18)(H,17,19). The molecule has 2 rings (SSSR count). The normalized spacial score (nSPS) is 12.9. The molecule has 1 unspecified atom stereocenters. The zero-order valence-electron chi connectivity index (χ0n) is 11.5. The van der Waals surface area contributed by atoms with Crippen LogP contribution in [0.1, 0.15) is 33.8 Å². The molecule has 110 valence electrons. The average molecular weight is 304 g/mol. The van der Waals surface area contributed by atoms with Crippen molar-refractivity contribution >= 4 is 23.1 Å². The number of nitrogens with zero attached hydrogens (tertiary/aromatic N) is 2. The van der Waals surface area contributed by atoms with E-state index in [1.54, 1.807) is 41.8 Å². The van der Waals surface area contributed by atoms with Crippen LogP contribution in [0.4, 0.5) is 0 Å². The molecule has 0 bridgehead atoms. The highest BCUT2D eigenvalue weighted by Gasteiger charge is 2.11. The molecule has 0 aliphatic rings. The van der Waals surface area contributed by atoms with Crippen LogP contribution in [0.5, 0.6) is 0 Å². The first-order valence-electron chi connectivity index (χ1n) is 6.37. The Kier molecular flexibility index (Phi) is 4.89. The van der Waals surface area contributed by atoms with E-state index >= 15 is 0 Å². The second-order valence-electron chi connectivity index (χ2n) is 4.54. The second-order valence-corrected chi connectivity index (χ2v) is 5.47. The number of nitrogens with two attached hydrogens (primary N) is 1. The summed E-state index contributed by atoms with van der Waals surface area (Å²) in [4.78, 5) is 16.3. The minimum Gasteiger partial charge on any atom is -0.409 e. The molecule has 0 spiro atoms. The maximum absolute atomic E-state index is 12.0. The van der Waals surface area contributed by atoms with E-state index in [9.17, 15) is 4.79 Å². The van der Waals surface area contributed by atoms with Crippen LogP contribution in [0.2, 0.25) is 0 Å². The van der Waals surface area contributed by atoms with Gasteiger partial charge in [0.2, 0.25) is 0 Å². The quantitative estimate of drug-likeness (QED) is 0.339. The molecule has 1 amide bonds. The number of amidine groups is 1. The lowest BCUT2D eigenvalue weighted by atomic mass is 10.1. The number of carbonyl (C=O) groups excluding carboxylic acids is 1. The van der Waals surface area contributed by atoms with E-state index in [0.717, 1.165) is 5.01 Å². The molecule has 2 aromatic rings. The highest BCUT2D eigenvalue weighted by atomic mass is 32.1. The number of benzene rings is 1. The summed E-state index contributed by atoms with van der Waals surface area (Å²) >= 11 is 1.57. The van der Waals surface area contributed by atoms with Gasteiger partial charge >= 0.3 is 0 Å². The van der Waals surface area contributed by atoms with Crippen LogP contribution in [0.15, 0.2) is 41.0 Å². The molecule has 0 aliphatic carbocycles. The number of aromatic nitrogens is 1. The number of nitrogens with one attached hydrogen (secondary N) is 1. The van der Waals surface area contributed by atoms with Crippen molar-refractivity contribution < 1.29 is 10.0 Å². The molecule has 7 heteroatoms. The van der Waals surface area contributed by atoms with Crippen molar-refractivity contribution in [3.63, 3.8) is 0 Å². The maximum atomic E-state index is 12.0. The van der Waals surface area contributed by atoms with E-state index in [0.29, 0.717) is 17.7 Å². The van der Waals surface area contributed by atoms with Crippen molar-refractivity contribution in [2.75, 3.05) is 6.54 Å². The summed E-state index contributed by atoms with van der Waals surface area (Å²) in [5.74, 6) is 0.0224. The summed E-state index contributed by atoms with van der Waals surface area (Å²) in [7, 11) is 0. The van der Waals surface area contributed by atoms with Gasteiger partial charge in [-0.25, -0.2) is 4.98 Å². The lowest BCUT2D eigenvalue weighted by Gasteiger charge is -2.10. The van der Waals surface area contributed by atoms with Gasteiger partial charge in [-0.15, -0.1) is 11.3 Å². The Morgan fingerprint density at radius 3 is 2.67 bits per heavy atom. The van der Waals surface area contributed by atoms with Gasteiger partial charge in [0.25, 0.3) is 5.91 Å². The van der Waals surface area contributed by atoms with Gasteiger partial charge in [0.1, 0.15) is 0 Å². The first kappa shape index (κ1) is 15.0. The first-order chi connectivity index (χ1) is 10.1. The Morgan fingerprint density at radius 2 is 2.10 bits per heavy atom. The monoisotopic (exact) mass is 304 g/mol. The SMILES string of the molecule is CC(CNC(=O)c1ccc(/C(N)=N/O)cc1)c1nccs1. The molecule has 21 heavy (non-hydrogen) atoms. The fourth-order valence-electron chi connectivity index (χ4n) is 1.76. The smallest absolute Gasteiger partial charge is 0.251 e. The Morgan fingerprint density at radius 1 is 1.43 bits per heavy atom. The molecule has 0 fully saturated rings. The predicted molar refractivity (Wildman–Crippen MR) is 81.8 cm³/mol. The van der Waals surface area contributed by atoms with Gasteiger partial charge in [-0.05, 0) is 12.1 Å². The van der Waals surface area contributed by atoms with Crippen molar-refractivity contribution in [3.05, 3.63) is 52.0 Å². The molecule has 1 aromatic carbocycles. The zero-order valence-corrected chi connectivity index (χ0v) is 12.3. The number of rotatable bonds is 5. The molecule has 1 aromatic heterocycles. The van der Waals surface area contributed by atoms with E-state index in [-0.39, 0.29) is 17.7 Å². The molecule has 0 radical (unpaired) electrons. The van der Waals surface area contributed by atoms with Crippen molar-refractivity contribution in [3.8, 4) is 0 Å². The molecule has 1 atom stereocenters. The number of carbonyl (C=O) groups is 1. The summed E-state index contributed by atoms with van der Waals surface area (Å²) in [5, 5.41) is 17.3. The maximum Gasteiger partial charge on any atom is 0.251 e. The third kappa shape index (κ3) is 3.79. The largest absolute Gasteiger partial charge is 0.409 e. The van der Waals surface area contributed by atoms with Crippen LogP contribution in [0, 0.1) is 0 Å². The summed E-state index contributed by atoms with van der Waals surface area (Å²) in [6.07, 6.45) is 1.75. The van der Waals surface area contributed by atoms with Crippen LogP contribution < -0.4 is 11.1 Å². The van der Waals surface area contributed by atoms with Gasteiger partial charge in [0, 0.05) is 35.2 Å². The minimum atomic E-state index is -0.163. The molecule has 0 saturated carbocycles. The first-order valence-corrected chi connectivity index (χ1v) is 7.25. The highest BCUT2D eigenvalue weighted by molar-refractivity contribution is 7.09. The molecule has 1 heterocycles. The van der Waals surface area contributed by atoms with Crippen LogP contribution in [-0.4, -0.2) is 28.5 Å². The van der Waals surface area contributed by atoms with Crippen molar-refractivity contribution in [2.24, 2.45) is 10.9 Å². The zero-order chi connectivity index (χ0) is 15.2. The molecule has 6 nitrogen and oxygen atoms in total. The molecule has 0 aliphatic heterocycles. The lowest BCUT2D eigenvalue weighted by Crippen LogP contribution is -2.27. The lowest BCUT2D eigenvalue weighted by molar-refractivity contribution is 0.0951. The van der Waals surface area contributed by atoms with Gasteiger partial charge in [-0.2, -0.15) is 0 Å². The Labute approximate surface area is 126 Å². The number of oxime groups is 1. The van der Waals surface area contributed by atoms with Gasteiger partial charge in [0.05, 0.1) is 5.01 Å². The number of amides is 1. The minimum absolute atomic E-state index is 0.0133. The van der Waals surface area contributed by atoms with Crippen molar-refractivity contribution in [1.82, 2.24) is 10.3 Å². The summed E-state index contributed by atoms with van der Waals surface area (Å²) in [6.45, 7) is 2.54. The molecule has 4 N–H and O–H groups in total. The van der Waals surface area contributed by atoms with Gasteiger partial charge in [0.15, 0.2) is 5.84 Å². The summed E-state index contributed by atoms with van der Waals surface area (Å²) in [5.41, 5.74) is 6.55. The van der Waals surface area contributed by atoms with Crippen LogP contribution in [-0.2, 0) is 0 Å². The second kappa shape index (κ2) is 6.85. The average Bonchev–Trinajstić information content (AvgIpc) is 3.06. The Bertz CT molecular complexity index is 623. The summed E-state index contributed by atoms with van der Waals surface area (Å²) < 4.78 is 0. The Balaban J connectivity index is 1.94. The van der Waals surface area contributed by atoms with Crippen LogP contribution in [0.3, 0.4) is 0 Å². The highest BCUT2D eigenvalue weighted by Crippen LogP contribution is 2.16. The number of hydrogen-bond acceptors (Lipinski definition) is 5. The third-order valence-corrected chi connectivity index (χ3v) is 4.00. The van der Waals surface area contributed by atoms with E-state index in [1.807, 2.05) is 12.3 Å². The molecule has 0 saturated heterocycles. The predicted octanol–water partition coefficient (Wildman–Crippen LogP) is 1.77. The number of hydrogen-bond donors (Lipinski definition) is 3. The van der Waals surface area contributed by atoms with Crippen LogP contribution in [0.25, 0.3) is 0 Å². The van der Waals surface area contributed by atoms with Crippen LogP contribution >= 0.6 is 11.3 Å². The van der Waals surface area contributed by atoms with Gasteiger partial charge in [-0.3, -0.25) is 4.79 Å².